The number of H-pyrrole nitrogens is 1. The first-order valence-corrected chi connectivity index (χ1v) is 13.8. The van der Waals surface area contributed by atoms with E-state index in [-0.39, 0.29) is 18.1 Å². The number of nitrogens with one attached hydrogen (secondary N) is 2. The Morgan fingerprint density at radius 3 is 2.64 bits per heavy atom. The van der Waals surface area contributed by atoms with E-state index in [1.165, 1.54) is 6.08 Å². The molecule has 39 heavy (non-hydrogen) atoms. The summed E-state index contributed by atoms with van der Waals surface area (Å²) in [5, 5.41) is 0. The molecule has 1 atom stereocenters. The van der Waals surface area contributed by atoms with Crippen LogP contribution in [-0.2, 0) is 20.8 Å². The summed E-state index contributed by atoms with van der Waals surface area (Å²) in [6, 6.07) is 7.87. The number of rotatable bonds is 10. The van der Waals surface area contributed by atoms with E-state index in [2.05, 4.69) is 17.0 Å². The van der Waals surface area contributed by atoms with Gasteiger partial charge in [0.25, 0.3) is 11.8 Å². The number of hydrogen-bond donors (Lipinski definition) is 2. The molecule has 8 heteroatoms. The number of benzene rings is 1. The number of aromatic amines is 1. The Bertz CT molecular complexity index is 1210. The van der Waals surface area contributed by atoms with Gasteiger partial charge in [-0.1, -0.05) is 55.1 Å². The van der Waals surface area contributed by atoms with Crippen molar-refractivity contribution in [1.29, 1.82) is 0 Å². The van der Waals surface area contributed by atoms with Gasteiger partial charge in [0.15, 0.2) is 6.29 Å². The summed E-state index contributed by atoms with van der Waals surface area (Å²) in [5.41, 5.74) is 6.40. The first-order valence-electron chi connectivity index (χ1n) is 13.8. The smallest absolute Gasteiger partial charge is 0.272 e. The van der Waals surface area contributed by atoms with Crippen LogP contribution in [0.25, 0.3) is 11.6 Å². The summed E-state index contributed by atoms with van der Waals surface area (Å²) in [6.45, 7) is 7.89. The normalized spacial score (nSPS) is 18.5. The van der Waals surface area contributed by atoms with Gasteiger partial charge < -0.3 is 14.6 Å². The molecule has 4 rings (SSSR count). The quantitative estimate of drug-likeness (QED) is 0.245. The van der Waals surface area contributed by atoms with Gasteiger partial charge in [-0.25, -0.2) is 15.3 Å². The predicted octanol–water partition coefficient (Wildman–Crippen LogP) is 5.36. The maximum absolute atomic E-state index is 13.4. The minimum atomic E-state index is -0.380. The van der Waals surface area contributed by atoms with Crippen LogP contribution in [-0.4, -0.2) is 52.7 Å². The number of likely N-dealkylation sites (tertiary alicyclic amines) is 1. The summed E-state index contributed by atoms with van der Waals surface area (Å²) in [5.74, 6) is 0.376. The van der Waals surface area contributed by atoms with E-state index in [0.717, 1.165) is 74.1 Å². The molecule has 2 aliphatic rings. The maximum Gasteiger partial charge on any atom is 0.272 e. The van der Waals surface area contributed by atoms with Crippen LogP contribution in [0.15, 0.2) is 61.2 Å². The van der Waals surface area contributed by atoms with E-state index >= 15 is 0 Å². The summed E-state index contributed by atoms with van der Waals surface area (Å²) in [4.78, 5) is 40.9. The molecular formula is C31H38N4O4. The minimum absolute atomic E-state index is 0.00686. The number of aromatic nitrogens is 2. The zero-order valence-corrected chi connectivity index (χ0v) is 22.7. The molecule has 2 saturated heterocycles. The molecular weight excluding hydrogens is 492 g/mol. The average molecular weight is 531 g/mol. The molecule has 0 bridgehead atoms. The standard InChI is InChI=1S/C31H38N4O4/c1-3-5-11-25(4-2)29-30(31(37)35-19-8-6-9-20-35)33-26(32-29)22-24-15-13-23(14-16-24)17-18-27(36)34-39-28-12-7-10-21-38-28/h3-5,11,13-18,28H,1,6-10,12,19-22H2,2H3,(H,32,33)(H,34,36)/b11-5-,18-17+,25-4+. The highest BCUT2D eigenvalue weighted by Gasteiger charge is 2.25. The van der Waals surface area contributed by atoms with Crippen molar-refractivity contribution in [3.63, 3.8) is 0 Å². The number of carbonyl (C=O) groups is 2. The molecule has 0 saturated carbocycles. The lowest BCUT2D eigenvalue weighted by molar-refractivity contribution is -0.198. The predicted molar refractivity (Wildman–Crippen MR) is 152 cm³/mol. The van der Waals surface area contributed by atoms with Crippen molar-refractivity contribution >= 4 is 23.5 Å². The van der Waals surface area contributed by atoms with Crippen molar-refractivity contribution in [2.24, 2.45) is 0 Å². The Hall–Kier alpha value is -3.75. The zero-order chi connectivity index (χ0) is 27.5. The van der Waals surface area contributed by atoms with E-state index in [1.54, 1.807) is 12.2 Å². The van der Waals surface area contributed by atoms with Crippen molar-refractivity contribution in [3.8, 4) is 0 Å². The second-order valence-corrected chi connectivity index (χ2v) is 9.73. The number of piperidine rings is 1. The third-order valence-electron chi connectivity index (χ3n) is 6.81. The summed E-state index contributed by atoms with van der Waals surface area (Å²) >= 11 is 0. The van der Waals surface area contributed by atoms with E-state index in [4.69, 9.17) is 14.6 Å². The highest BCUT2D eigenvalue weighted by Crippen LogP contribution is 2.23. The Kier molecular flexibility index (Phi) is 10.4. The van der Waals surface area contributed by atoms with Gasteiger partial charge in [-0.15, -0.1) is 0 Å². The number of hydroxylamine groups is 1. The summed E-state index contributed by atoms with van der Waals surface area (Å²) < 4.78 is 5.44. The largest absolute Gasteiger partial charge is 0.350 e. The molecule has 1 aromatic heterocycles. The average Bonchev–Trinajstić information content (AvgIpc) is 3.40. The lowest BCUT2D eigenvalue weighted by atomic mass is 10.1. The number of amides is 2. The Morgan fingerprint density at radius 2 is 1.95 bits per heavy atom. The molecule has 0 spiro atoms. The maximum atomic E-state index is 13.4. The third kappa shape index (κ3) is 8.12. The SMILES string of the molecule is C=C/C=C\C(=C/C)c1nc(Cc2ccc(/C=C/C(=O)NOC3CCCCO3)cc2)[nH]c1C(=O)N1CCCCC1. The van der Waals surface area contributed by atoms with E-state index < -0.39 is 0 Å². The molecule has 2 aliphatic heterocycles. The van der Waals surface area contributed by atoms with Crippen molar-refractivity contribution in [3.05, 3.63) is 89.6 Å². The topological polar surface area (TPSA) is 96.5 Å². The van der Waals surface area contributed by atoms with E-state index in [1.807, 2.05) is 54.3 Å². The van der Waals surface area contributed by atoms with Gasteiger partial charge in [0, 0.05) is 38.6 Å². The highest BCUT2D eigenvalue weighted by molar-refractivity contribution is 5.98. The van der Waals surface area contributed by atoms with Crippen LogP contribution in [0.1, 0.15) is 78.6 Å². The molecule has 206 valence electrons. The van der Waals surface area contributed by atoms with Crippen molar-refractivity contribution in [1.82, 2.24) is 20.3 Å². The summed E-state index contributed by atoms with van der Waals surface area (Å²) in [6.07, 6.45) is 16.8. The van der Waals surface area contributed by atoms with Crippen LogP contribution in [0.4, 0.5) is 0 Å². The van der Waals surface area contributed by atoms with Gasteiger partial charge in [-0.2, -0.15) is 0 Å². The van der Waals surface area contributed by atoms with Crippen LogP contribution >= 0.6 is 0 Å². The van der Waals surface area contributed by atoms with Crippen LogP contribution in [0.5, 0.6) is 0 Å². The molecule has 2 fully saturated rings. The Labute approximate surface area is 230 Å². The van der Waals surface area contributed by atoms with Gasteiger partial charge in [0.1, 0.15) is 17.2 Å². The lowest BCUT2D eigenvalue weighted by Gasteiger charge is -2.26. The van der Waals surface area contributed by atoms with Gasteiger partial charge in [0.2, 0.25) is 0 Å². The number of hydrogen-bond acceptors (Lipinski definition) is 5. The number of carbonyl (C=O) groups excluding carboxylic acids is 2. The fourth-order valence-corrected chi connectivity index (χ4v) is 4.68. The molecule has 1 unspecified atom stereocenters. The van der Waals surface area contributed by atoms with Crippen molar-refractivity contribution in [2.75, 3.05) is 19.7 Å². The molecule has 1 aromatic carbocycles. The molecule has 2 aromatic rings. The van der Waals surface area contributed by atoms with Gasteiger partial charge >= 0.3 is 0 Å². The molecule has 8 nitrogen and oxygen atoms in total. The van der Waals surface area contributed by atoms with Crippen LogP contribution in [0.2, 0.25) is 0 Å². The molecule has 0 radical (unpaired) electrons. The molecule has 2 amide bonds. The molecule has 0 aliphatic carbocycles. The first kappa shape index (κ1) is 28.3. The van der Waals surface area contributed by atoms with Gasteiger partial charge in [0.05, 0.1) is 0 Å². The van der Waals surface area contributed by atoms with Crippen molar-refractivity contribution < 1.29 is 19.2 Å². The monoisotopic (exact) mass is 530 g/mol. The number of ether oxygens (including phenoxy) is 1. The fourth-order valence-electron chi connectivity index (χ4n) is 4.68. The Balaban J connectivity index is 1.43. The van der Waals surface area contributed by atoms with Crippen LogP contribution in [0, 0.1) is 0 Å². The lowest BCUT2D eigenvalue weighted by Crippen LogP contribution is -2.36. The molecule has 3 heterocycles. The minimum Gasteiger partial charge on any atom is -0.350 e. The third-order valence-corrected chi connectivity index (χ3v) is 6.81. The van der Waals surface area contributed by atoms with Crippen LogP contribution < -0.4 is 5.48 Å². The number of allylic oxidation sites excluding steroid dienone is 5. The second-order valence-electron chi connectivity index (χ2n) is 9.73. The van der Waals surface area contributed by atoms with Gasteiger partial charge in [-0.05, 0) is 61.8 Å². The van der Waals surface area contributed by atoms with Gasteiger partial charge in [-0.3, -0.25) is 9.59 Å². The first-order chi connectivity index (χ1) is 19.1. The van der Waals surface area contributed by atoms with E-state index in [9.17, 15) is 9.59 Å². The van der Waals surface area contributed by atoms with Crippen LogP contribution in [0.3, 0.4) is 0 Å². The van der Waals surface area contributed by atoms with E-state index in [0.29, 0.717) is 24.4 Å². The highest BCUT2D eigenvalue weighted by atomic mass is 16.8. The second kappa shape index (κ2) is 14.4. The number of nitrogens with zero attached hydrogens (tertiary/aromatic N) is 2. The molecule has 2 N–H and O–H groups in total. The zero-order valence-electron chi connectivity index (χ0n) is 22.7. The summed E-state index contributed by atoms with van der Waals surface area (Å²) in [7, 11) is 0. The van der Waals surface area contributed by atoms with Crippen molar-refractivity contribution in [2.45, 2.75) is 58.2 Å². The number of imidazole rings is 1. The Morgan fingerprint density at radius 1 is 1.15 bits per heavy atom. The fraction of sp³-hybridized carbons (Fsp3) is 0.387.